The molecule has 0 aromatic heterocycles. The van der Waals surface area contributed by atoms with Crippen molar-refractivity contribution in [3.8, 4) is 0 Å². The molecule has 0 bridgehead atoms. The molecule has 0 aliphatic heterocycles. The Kier molecular flexibility index (Phi) is 14.8. The van der Waals surface area contributed by atoms with Crippen molar-refractivity contribution < 1.29 is 52.6 Å². The van der Waals surface area contributed by atoms with Gasteiger partial charge in [0, 0.05) is 48.5 Å². The molecule has 0 heterocycles. The Balaban J connectivity index is 1.53. The Morgan fingerprint density at radius 1 is 0.857 bits per heavy atom. The van der Waals surface area contributed by atoms with Crippen LogP contribution in [0.4, 0.5) is 15.3 Å². The molecule has 0 spiro atoms. The molecule has 0 saturated heterocycles. The number of nitrogens with zero attached hydrogens (tertiary/aromatic N) is 2. The summed E-state index contributed by atoms with van der Waals surface area (Å²) in [5.41, 5.74) is 2.98. The fourth-order valence-electron chi connectivity index (χ4n) is 4.85. The number of Topliss-reactive ketones (excluding diaryl/α,β-unsaturated/α-hetero) is 1. The van der Waals surface area contributed by atoms with E-state index in [1.807, 2.05) is 47.6 Å². The van der Waals surface area contributed by atoms with Crippen molar-refractivity contribution in [1.82, 2.24) is 10.6 Å². The summed E-state index contributed by atoms with van der Waals surface area (Å²) in [4.78, 5) is 60.6. The summed E-state index contributed by atoms with van der Waals surface area (Å²) in [6.07, 6.45) is 6.86. The summed E-state index contributed by atoms with van der Waals surface area (Å²) in [6.45, 7) is 11.1. The van der Waals surface area contributed by atoms with E-state index in [1.165, 1.54) is 6.92 Å². The second-order valence-corrected chi connectivity index (χ2v) is 10.5. The van der Waals surface area contributed by atoms with Gasteiger partial charge in [0.25, 0.3) is 0 Å². The fourth-order valence-corrected chi connectivity index (χ4v) is 4.85. The quantitative estimate of drug-likeness (QED) is 0.0808. The van der Waals surface area contributed by atoms with Crippen LogP contribution in [0.2, 0.25) is 0 Å². The number of benzene rings is 1. The molecule has 262 valence electrons. The number of allylic oxidation sites excluding steroid dienone is 7. The highest BCUT2D eigenvalue weighted by Gasteiger charge is 2.30. The molecule has 2 aliphatic rings. The van der Waals surface area contributed by atoms with E-state index in [2.05, 4.69) is 17.2 Å². The topological polar surface area (TPSA) is 176 Å². The molecule has 2 amide bonds. The number of nitrogens with one attached hydrogen (secondary N) is 2. The molecule has 0 atom stereocenters. The Labute approximate surface area is 285 Å². The number of anilines is 1. The van der Waals surface area contributed by atoms with Gasteiger partial charge in [0.2, 0.25) is 0 Å². The van der Waals surface area contributed by atoms with Crippen LogP contribution in [-0.2, 0) is 33.3 Å². The number of hydrogen-bond acceptors (Lipinski definition) is 11. The van der Waals surface area contributed by atoms with Gasteiger partial charge in [-0.15, -0.1) is 0 Å². The SMILES string of the molecule is C=CC(=O)OCCNC(=O)OCC[N+](CC)=C1C=CC(=C2C(=O)C(c3ccc(N(CC)CCOC(=O)NCCOC(C)=O)cc3)=C2[O-])C=C1. The molecular weight excluding hydrogens is 636 g/mol. The van der Waals surface area contributed by atoms with Crippen LogP contribution in [0.3, 0.4) is 0 Å². The number of alkyl carbamates (subject to hydrolysis) is 2. The van der Waals surface area contributed by atoms with E-state index in [1.54, 1.807) is 24.3 Å². The molecule has 49 heavy (non-hydrogen) atoms. The second kappa shape index (κ2) is 19.2. The molecule has 1 aromatic carbocycles. The minimum Gasteiger partial charge on any atom is -0.871 e. The molecule has 0 radical (unpaired) electrons. The number of esters is 2. The first-order valence-corrected chi connectivity index (χ1v) is 15.9. The molecule has 0 fully saturated rings. The normalized spacial score (nSPS) is 13.4. The van der Waals surface area contributed by atoms with Gasteiger partial charge in [-0.1, -0.05) is 24.5 Å². The van der Waals surface area contributed by atoms with Crippen molar-refractivity contribution in [2.75, 3.05) is 70.6 Å². The first-order valence-electron chi connectivity index (χ1n) is 15.9. The van der Waals surface area contributed by atoms with Crippen LogP contribution >= 0.6 is 0 Å². The number of rotatable bonds is 17. The summed E-state index contributed by atoms with van der Waals surface area (Å²) in [5, 5.41) is 18.1. The van der Waals surface area contributed by atoms with Crippen LogP contribution in [0.5, 0.6) is 0 Å². The third kappa shape index (κ3) is 11.2. The van der Waals surface area contributed by atoms with Crippen LogP contribution in [-0.4, -0.2) is 106 Å². The van der Waals surface area contributed by atoms with Gasteiger partial charge in [-0.25, -0.2) is 19.0 Å². The molecule has 2 aliphatic carbocycles. The van der Waals surface area contributed by atoms with Crippen LogP contribution in [0.25, 0.3) is 5.57 Å². The molecule has 0 unspecified atom stereocenters. The molecule has 3 rings (SSSR count). The van der Waals surface area contributed by atoms with E-state index < -0.39 is 24.1 Å². The Bertz CT molecular complexity index is 1550. The van der Waals surface area contributed by atoms with Crippen LogP contribution in [0.15, 0.2) is 78.1 Å². The van der Waals surface area contributed by atoms with Gasteiger partial charge in [0.15, 0.2) is 24.6 Å². The fraction of sp³-hybridized carbons (Fsp3) is 0.371. The highest BCUT2D eigenvalue weighted by atomic mass is 16.6. The number of likely N-dealkylation sites (N-methyl/N-ethyl adjacent to an activating group) is 2. The number of carbonyl (C=O) groups is 5. The minimum absolute atomic E-state index is 0.00452. The summed E-state index contributed by atoms with van der Waals surface area (Å²) in [6, 6.07) is 7.08. The van der Waals surface area contributed by atoms with Gasteiger partial charge in [0.1, 0.15) is 26.4 Å². The van der Waals surface area contributed by atoms with Crippen molar-refractivity contribution in [2.45, 2.75) is 20.8 Å². The van der Waals surface area contributed by atoms with E-state index in [0.29, 0.717) is 37.3 Å². The van der Waals surface area contributed by atoms with Crippen molar-refractivity contribution in [3.05, 3.63) is 83.7 Å². The van der Waals surface area contributed by atoms with Gasteiger partial charge >= 0.3 is 24.1 Å². The molecular formula is C35H42N4O10. The summed E-state index contributed by atoms with van der Waals surface area (Å²) in [5.74, 6) is -1.65. The highest BCUT2D eigenvalue weighted by Crippen LogP contribution is 2.37. The molecule has 1 aromatic rings. The lowest BCUT2D eigenvalue weighted by atomic mass is 9.80. The number of hydrogen-bond donors (Lipinski definition) is 2. The van der Waals surface area contributed by atoms with Gasteiger partial charge in [-0.3, -0.25) is 9.59 Å². The van der Waals surface area contributed by atoms with Crippen molar-refractivity contribution in [1.29, 1.82) is 0 Å². The van der Waals surface area contributed by atoms with E-state index in [4.69, 9.17) is 18.9 Å². The first-order chi connectivity index (χ1) is 23.6. The zero-order chi connectivity index (χ0) is 35.8. The lowest BCUT2D eigenvalue weighted by Crippen LogP contribution is -2.32. The zero-order valence-corrected chi connectivity index (χ0v) is 28.0. The van der Waals surface area contributed by atoms with Gasteiger partial charge in [-0.05, 0) is 49.3 Å². The molecule has 0 saturated carbocycles. The predicted octanol–water partition coefficient (Wildman–Crippen LogP) is 1.81. The summed E-state index contributed by atoms with van der Waals surface area (Å²) < 4.78 is 21.9. The van der Waals surface area contributed by atoms with Gasteiger partial charge in [0.05, 0.1) is 19.6 Å². The lowest BCUT2D eigenvalue weighted by molar-refractivity contribution is -0.524. The van der Waals surface area contributed by atoms with Gasteiger partial charge in [-0.2, -0.15) is 0 Å². The first kappa shape index (κ1) is 37.8. The smallest absolute Gasteiger partial charge is 0.407 e. The zero-order valence-electron chi connectivity index (χ0n) is 28.0. The minimum atomic E-state index is -0.633. The number of carbonyl (C=O) groups excluding carboxylic acids is 5. The Morgan fingerprint density at radius 2 is 1.47 bits per heavy atom. The maximum atomic E-state index is 13.1. The van der Waals surface area contributed by atoms with Crippen LogP contribution in [0, 0.1) is 0 Å². The maximum Gasteiger partial charge on any atom is 0.407 e. The molecule has 14 nitrogen and oxygen atoms in total. The predicted molar refractivity (Wildman–Crippen MR) is 179 cm³/mol. The number of ketones is 1. The van der Waals surface area contributed by atoms with Crippen molar-refractivity contribution in [3.63, 3.8) is 0 Å². The average molecular weight is 679 g/mol. The highest BCUT2D eigenvalue weighted by molar-refractivity contribution is 6.39. The Hall–Kier alpha value is -5.66. The molecule has 2 N–H and O–H groups in total. The third-order valence-electron chi connectivity index (χ3n) is 7.36. The number of ether oxygens (including phenoxy) is 4. The number of amides is 2. The summed E-state index contributed by atoms with van der Waals surface area (Å²) in [7, 11) is 0. The van der Waals surface area contributed by atoms with Crippen molar-refractivity contribution in [2.24, 2.45) is 0 Å². The maximum absolute atomic E-state index is 13.1. The Morgan fingerprint density at radius 3 is 2.02 bits per heavy atom. The van der Waals surface area contributed by atoms with E-state index in [9.17, 15) is 29.1 Å². The summed E-state index contributed by atoms with van der Waals surface area (Å²) >= 11 is 0. The molecule has 14 heteroatoms. The van der Waals surface area contributed by atoms with E-state index >= 15 is 0 Å². The van der Waals surface area contributed by atoms with Gasteiger partial charge < -0.3 is 39.6 Å². The lowest BCUT2D eigenvalue weighted by Gasteiger charge is -2.32. The monoisotopic (exact) mass is 678 g/mol. The standard InChI is InChI=1S/C35H42N4O10/c1-5-29(41)47-21-17-37-35(45)49-23-19-39(7-3)28-14-10-26(11-15-28)31-32(42)30(33(31)43)25-8-12-27(13-9-25)38(6-2)18-22-48-34(44)36-16-20-46-24(4)40/h5,8-15H,1,6-7,16-23H2,2-4H3,(H2-,36,37,42,43,44,45). The third-order valence-corrected chi connectivity index (χ3v) is 7.36. The van der Waals surface area contributed by atoms with E-state index in [0.717, 1.165) is 17.5 Å². The largest absolute Gasteiger partial charge is 0.871 e. The van der Waals surface area contributed by atoms with Crippen LogP contribution < -0.4 is 20.6 Å². The average Bonchev–Trinajstić information content (AvgIpc) is 3.09. The van der Waals surface area contributed by atoms with Crippen LogP contribution in [0.1, 0.15) is 26.3 Å². The second-order valence-electron chi connectivity index (χ2n) is 10.5. The van der Waals surface area contributed by atoms with Crippen molar-refractivity contribution >= 4 is 46.9 Å². The van der Waals surface area contributed by atoms with E-state index in [-0.39, 0.29) is 62.2 Å².